The van der Waals surface area contributed by atoms with Gasteiger partial charge < -0.3 is 19.5 Å². The van der Waals surface area contributed by atoms with Crippen LogP contribution in [-0.2, 0) is 19.0 Å². The highest BCUT2D eigenvalue weighted by Crippen LogP contribution is 2.51. The van der Waals surface area contributed by atoms with E-state index in [4.69, 9.17) is 9.39 Å². The molecule has 2 heterocycles. The van der Waals surface area contributed by atoms with Gasteiger partial charge in [0, 0.05) is 13.2 Å². The number of ether oxygens (including phenoxy) is 1. The molecule has 0 spiro atoms. The predicted octanol–water partition coefficient (Wildman–Crippen LogP) is 5.49. The Morgan fingerprint density at radius 3 is 2.57 bits per heavy atom. The Morgan fingerprint density at radius 2 is 1.83 bits per heavy atom. The van der Waals surface area contributed by atoms with Gasteiger partial charge in [0.2, 0.25) is 11.8 Å². The number of benzene rings is 2. The molecule has 4 atom stereocenters. The Hall–Kier alpha value is -3.20. The number of rotatable bonds is 8. The third kappa shape index (κ3) is 5.72. The van der Waals surface area contributed by atoms with Crippen LogP contribution in [0.1, 0.15) is 62.5 Å². The monoisotopic (exact) mass is 569 g/mol. The highest BCUT2D eigenvalue weighted by molar-refractivity contribution is 6.43. The maximum atomic E-state index is 14.0. The van der Waals surface area contributed by atoms with Crippen LogP contribution in [0.15, 0.2) is 65.7 Å². The first-order valence-corrected chi connectivity index (χ1v) is 15.4. The SMILES string of the molecule is COCC1=C2[C@@H](CC/C(=C/c3cccc(O)c3)c3ccccc3)OB(O)C[C@@H]2[C@@H]2C(=O)N(C3CCCCC3)C(=O)[C@@H]2C1. The number of aromatic hydroxyl groups is 1. The number of carbonyl (C=O) groups is 2. The van der Waals surface area contributed by atoms with Gasteiger partial charge in [-0.15, -0.1) is 0 Å². The lowest BCUT2D eigenvalue weighted by atomic mass is 9.58. The topological polar surface area (TPSA) is 96.3 Å². The Labute approximate surface area is 248 Å². The summed E-state index contributed by atoms with van der Waals surface area (Å²) in [7, 11) is 0.650. The molecule has 4 aliphatic rings. The van der Waals surface area contributed by atoms with Crippen molar-refractivity contribution in [2.45, 2.75) is 69.8 Å². The van der Waals surface area contributed by atoms with Gasteiger partial charge in [-0.3, -0.25) is 14.5 Å². The Kier molecular flexibility index (Phi) is 8.66. The highest BCUT2D eigenvalue weighted by Gasteiger charge is 2.58. The van der Waals surface area contributed by atoms with E-state index in [0.29, 0.717) is 32.2 Å². The third-order valence-corrected chi connectivity index (χ3v) is 9.63. The number of phenolic OH excluding ortho intramolecular Hbond substituents is 1. The van der Waals surface area contributed by atoms with Crippen molar-refractivity contribution in [3.05, 3.63) is 76.9 Å². The van der Waals surface area contributed by atoms with Gasteiger partial charge in [0.05, 0.1) is 24.5 Å². The Bertz CT molecular complexity index is 1370. The number of amides is 2. The number of phenols is 1. The summed E-state index contributed by atoms with van der Waals surface area (Å²) in [5, 5.41) is 21.0. The zero-order valence-electron chi connectivity index (χ0n) is 24.3. The summed E-state index contributed by atoms with van der Waals surface area (Å²) < 4.78 is 11.8. The van der Waals surface area contributed by atoms with E-state index in [0.717, 1.165) is 60.0 Å². The van der Waals surface area contributed by atoms with E-state index >= 15 is 0 Å². The summed E-state index contributed by atoms with van der Waals surface area (Å²) >= 11 is 0. The fraction of sp³-hybridized carbons (Fsp3) is 0.471. The number of hydrogen-bond acceptors (Lipinski definition) is 6. The molecule has 0 aromatic heterocycles. The number of methoxy groups -OCH3 is 1. The molecule has 2 N–H and O–H groups in total. The molecular weight excluding hydrogens is 529 g/mol. The number of hydrogen-bond donors (Lipinski definition) is 2. The molecular formula is C34H40BNO6. The Balaban J connectivity index is 1.30. The molecule has 2 aliphatic heterocycles. The minimum Gasteiger partial charge on any atom is -0.508 e. The van der Waals surface area contributed by atoms with Gasteiger partial charge in [0.1, 0.15) is 5.75 Å². The molecule has 3 fully saturated rings. The summed E-state index contributed by atoms with van der Waals surface area (Å²) in [6, 6.07) is 17.3. The molecule has 42 heavy (non-hydrogen) atoms. The number of nitrogens with zero attached hydrogens (tertiary/aromatic N) is 1. The van der Waals surface area contributed by atoms with Crippen molar-refractivity contribution in [2.75, 3.05) is 13.7 Å². The van der Waals surface area contributed by atoms with Gasteiger partial charge >= 0.3 is 7.12 Å². The standard InChI is InChI=1S/C34H40BNO6/c1-41-21-25-19-28-32(34(39)36(33(28)38)26-12-6-3-7-13-26)29-20-35(40)42-30(31(25)29)16-15-24(23-10-4-2-5-11-23)17-22-9-8-14-27(37)18-22/h2,4-5,8-11,14,17-18,26,28-30,32,37,40H,3,6-7,12-13,15-16,19-21H2,1H3/b24-17-/t28-,29+,30-,32-/m1/s1. The van der Waals surface area contributed by atoms with Gasteiger partial charge in [-0.2, -0.15) is 0 Å². The smallest absolute Gasteiger partial charge is 0.455 e. The minimum atomic E-state index is -1.01. The average molecular weight is 570 g/mol. The zero-order valence-corrected chi connectivity index (χ0v) is 24.3. The van der Waals surface area contributed by atoms with Crippen LogP contribution in [0.3, 0.4) is 0 Å². The second-order valence-corrected chi connectivity index (χ2v) is 12.3. The average Bonchev–Trinajstić information content (AvgIpc) is 3.25. The normalized spacial score (nSPS) is 27.0. The molecule has 7 nitrogen and oxygen atoms in total. The van der Waals surface area contributed by atoms with E-state index in [1.54, 1.807) is 24.1 Å². The second kappa shape index (κ2) is 12.6. The van der Waals surface area contributed by atoms with Gasteiger partial charge in [-0.1, -0.05) is 67.8 Å². The van der Waals surface area contributed by atoms with E-state index in [9.17, 15) is 19.7 Å². The van der Waals surface area contributed by atoms with Crippen LogP contribution in [0.2, 0.25) is 6.32 Å². The first-order valence-electron chi connectivity index (χ1n) is 15.4. The van der Waals surface area contributed by atoms with Gasteiger partial charge in [-0.25, -0.2) is 0 Å². The maximum absolute atomic E-state index is 14.0. The largest absolute Gasteiger partial charge is 0.508 e. The lowest BCUT2D eigenvalue weighted by Gasteiger charge is -2.43. The van der Waals surface area contributed by atoms with Crippen molar-refractivity contribution in [1.82, 2.24) is 4.90 Å². The summed E-state index contributed by atoms with van der Waals surface area (Å²) in [5.41, 5.74) is 5.13. The Morgan fingerprint density at radius 1 is 1.05 bits per heavy atom. The van der Waals surface area contributed by atoms with E-state index in [2.05, 4.69) is 18.2 Å². The highest BCUT2D eigenvalue weighted by atomic mass is 16.5. The van der Waals surface area contributed by atoms with Crippen LogP contribution >= 0.6 is 0 Å². The van der Waals surface area contributed by atoms with Crippen LogP contribution in [0, 0.1) is 17.8 Å². The molecule has 0 radical (unpaired) electrons. The lowest BCUT2D eigenvalue weighted by molar-refractivity contribution is -0.143. The maximum Gasteiger partial charge on any atom is 0.455 e. The van der Waals surface area contributed by atoms with Crippen LogP contribution < -0.4 is 0 Å². The summed E-state index contributed by atoms with van der Waals surface area (Å²) in [4.78, 5) is 29.3. The van der Waals surface area contributed by atoms with Gasteiger partial charge in [-0.05, 0) is 84.3 Å². The van der Waals surface area contributed by atoms with Crippen LogP contribution in [0.5, 0.6) is 5.75 Å². The summed E-state index contributed by atoms with van der Waals surface area (Å²) in [5.74, 6) is -0.980. The van der Waals surface area contributed by atoms with Gasteiger partial charge in [0.25, 0.3) is 0 Å². The lowest BCUT2D eigenvalue weighted by Crippen LogP contribution is -2.47. The van der Waals surface area contributed by atoms with Crippen molar-refractivity contribution < 1.29 is 29.1 Å². The molecule has 2 aromatic carbocycles. The number of likely N-dealkylation sites (tertiary alicyclic amines) is 1. The van der Waals surface area contributed by atoms with E-state index in [-0.39, 0.29) is 29.5 Å². The molecule has 2 aliphatic carbocycles. The van der Waals surface area contributed by atoms with Gasteiger partial charge in [0.15, 0.2) is 0 Å². The molecule has 2 saturated heterocycles. The third-order valence-electron chi connectivity index (χ3n) is 9.63. The number of imide groups is 1. The fourth-order valence-electron chi connectivity index (χ4n) is 7.85. The quantitative estimate of drug-likeness (QED) is 0.189. The molecule has 0 bridgehead atoms. The zero-order chi connectivity index (χ0) is 29.2. The molecule has 220 valence electrons. The number of allylic oxidation sites excluding steroid dienone is 1. The van der Waals surface area contributed by atoms with Crippen molar-refractivity contribution >= 4 is 30.6 Å². The predicted molar refractivity (Wildman–Crippen MR) is 162 cm³/mol. The number of carbonyl (C=O) groups excluding carboxylic acids is 2. The van der Waals surface area contributed by atoms with Crippen molar-refractivity contribution in [3.8, 4) is 5.75 Å². The summed E-state index contributed by atoms with van der Waals surface area (Å²) in [6.07, 6.45) is 8.76. The van der Waals surface area contributed by atoms with Crippen LogP contribution in [0.4, 0.5) is 0 Å². The van der Waals surface area contributed by atoms with E-state index in [1.165, 1.54) is 0 Å². The van der Waals surface area contributed by atoms with Crippen molar-refractivity contribution in [1.29, 1.82) is 0 Å². The van der Waals surface area contributed by atoms with Crippen LogP contribution in [-0.4, -0.2) is 59.8 Å². The molecule has 2 aromatic rings. The van der Waals surface area contributed by atoms with Crippen LogP contribution in [0.25, 0.3) is 11.6 Å². The fourth-order valence-corrected chi connectivity index (χ4v) is 7.85. The van der Waals surface area contributed by atoms with Crippen molar-refractivity contribution in [3.63, 3.8) is 0 Å². The molecule has 0 unspecified atom stereocenters. The van der Waals surface area contributed by atoms with E-state index < -0.39 is 25.1 Å². The molecule has 1 saturated carbocycles. The minimum absolute atomic E-state index is 0.00442. The van der Waals surface area contributed by atoms with E-state index in [1.807, 2.05) is 30.3 Å². The molecule has 8 heteroatoms. The summed E-state index contributed by atoms with van der Waals surface area (Å²) in [6.45, 7) is 0.376. The van der Waals surface area contributed by atoms with Crippen molar-refractivity contribution in [2.24, 2.45) is 17.8 Å². The second-order valence-electron chi connectivity index (χ2n) is 12.3. The first kappa shape index (κ1) is 28.9. The first-order chi connectivity index (χ1) is 20.4. The number of fused-ring (bicyclic) bond motifs is 3. The molecule has 2 amide bonds. The molecule has 6 rings (SSSR count).